The summed E-state index contributed by atoms with van der Waals surface area (Å²) in [7, 11) is 0. The Kier molecular flexibility index (Phi) is 2.56. The molecule has 0 saturated carbocycles. The Balaban J connectivity index is 2.05. The van der Waals surface area contributed by atoms with Crippen LogP contribution in [0.2, 0.25) is 0 Å². The lowest BCUT2D eigenvalue weighted by Crippen LogP contribution is -2.53. The maximum atomic E-state index is 3.92. The second kappa shape index (κ2) is 3.51. The van der Waals surface area contributed by atoms with Gasteiger partial charge in [-0.05, 0) is 31.2 Å². The number of nitrogens with zero attached hydrogens (tertiary/aromatic N) is 1. The van der Waals surface area contributed by atoms with Gasteiger partial charge in [0.1, 0.15) is 0 Å². The van der Waals surface area contributed by atoms with E-state index in [0.717, 1.165) is 23.2 Å². The molecule has 3 saturated heterocycles. The van der Waals surface area contributed by atoms with E-state index in [2.05, 4.69) is 33.5 Å². The summed E-state index contributed by atoms with van der Waals surface area (Å²) in [5.41, 5.74) is 0. The summed E-state index contributed by atoms with van der Waals surface area (Å²) >= 11 is 3.59. The molecule has 3 heterocycles. The lowest BCUT2D eigenvalue weighted by Gasteiger charge is -2.48. The summed E-state index contributed by atoms with van der Waals surface area (Å²) in [6, 6.07) is 0.806. The Labute approximate surface area is 82.9 Å². The van der Waals surface area contributed by atoms with Crippen LogP contribution >= 0.6 is 15.9 Å². The SMILES string of the molecule is C=C[C@H]1CN2CC[C@H]1C[C@H]2CBr. The molecule has 0 N–H and O–H groups in total. The Morgan fingerprint density at radius 1 is 1.58 bits per heavy atom. The van der Waals surface area contributed by atoms with Gasteiger partial charge in [-0.2, -0.15) is 0 Å². The zero-order chi connectivity index (χ0) is 8.55. The van der Waals surface area contributed by atoms with Gasteiger partial charge >= 0.3 is 0 Å². The highest BCUT2D eigenvalue weighted by Gasteiger charge is 2.37. The van der Waals surface area contributed by atoms with E-state index in [1.54, 1.807) is 0 Å². The van der Waals surface area contributed by atoms with Gasteiger partial charge in [0.25, 0.3) is 0 Å². The minimum Gasteiger partial charge on any atom is -0.299 e. The number of piperidine rings is 3. The van der Waals surface area contributed by atoms with Crippen molar-refractivity contribution in [2.75, 3.05) is 18.4 Å². The Bertz CT molecular complexity index is 181. The predicted molar refractivity (Wildman–Crippen MR) is 55.6 cm³/mol. The van der Waals surface area contributed by atoms with E-state index in [1.165, 1.54) is 25.9 Å². The summed E-state index contributed by atoms with van der Waals surface area (Å²) in [6.07, 6.45) is 4.92. The normalized spacial score (nSPS) is 46.1. The highest BCUT2D eigenvalue weighted by Crippen LogP contribution is 2.36. The number of hydrogen-bond donors (Lipinski definition) is 0. The van der Waals surface area contributed by atoms with Crippen LogP contribution in [-0.2, 0) is 0 Å². The molecule has 2 bridgehead atoms. The number of halogens is 1. The molecule has 12 heavy (non-hydrogen) atoms. The second-order valence-corrected chi connectivity index (χ2v) is 4.63. The zero-order valence-electron chi connectivity index (χ0n) is 7.38. The molecule has 1 nitrogen and oxygen atoms in total. The largest absolute Gasteiger partial charge is 0.299 e. The second-order valence-electron chi connectivity index (χ2n) is 3.99. The quantitative estimate of drug-likeness (QED) is 0.519. The topological polar surface area (TPSA) is 3.24 Å². The van der Waals surface area contributed by atoms with Crippen LogP contribution in [0.3, 0.4) is 0 Å². The van der Waals surface area contributed by atoms with Crippen molar-refractivity contribution < 1.29 is 0 Å². The molecule has 2 heteroatoms. The fraction of sp³-hybridized carbons (Fsp3) is 0.800. The fourth-order valence-electron chi connectivity index (χ4n) is 2.61. The van der Waals surface area contributed by atoms with E-state index >= 15 is 0 Å². The van der Waals surface area contributed by atoms with Crippen molar-refractivity contribution >= 4 is 15.9 Å². The molecular weight excluding hydrogens is 214 g/mol. The van der Waals surface area contributed by atoms with Crippen molar-refractivity contribution in [3.63, 3.8) is 0 Å². The van der Waals surface area contributed by atoms with Crippen molar-refractivity contribution in [1.82, 2.24) is 4.90 Å². The van der Waals surface area contributed by atoms with Crippen LogP contribution in [0.4, 0.5) is 0 Å². The molecule has 68 valence electrons. The maximum absolute atomic E-state index is 3.92. The van der Waals surface area contributed by atoms with Crippen LogP contribution in [-0.4, -0.2) is 29.4 Å². The molecule has 0 aromatic rings. The van der Waals surface area contributed by atoms with Crippen molar-refractivity contribution in [3.8, 4) is 0 Å². The van der Waals surface area contributed by atoms with Crippen LogP contribution in [0.15, 0.2) is 12.7 Å². The van der Waals surface area contributed by atoms with Crippen molar-refractivity contribution in [3.05, 3.63) is 12.7 Å². The Hall–Kier alpha value is 0.180. The molecule has 0 aromatic carbocycles. The van der Waals surface area contributed by atoms with Crippen LogP contribution in [0.1, 0.15) is 12.8 Å². The third-order valence-electron chi connectivity index (χ3n) is 3.41. The molecule has 1 unspecified atom stereocenters. The van der Waals surface area contributed by atoms with Gasteiger partial charge in [0.15, 0.2) is 0 Å². The van der Waals surface area contributed by atoms with E-state index in [0.29, 0.717) is 0 Å². The van der Waals surface area contributed by atoms with Crippen LogP contribution in [0.5, 0.6) is 0 Å². The van der Waals surface area contributed by atoms with Gasteiger partial charge < -0.3 is 0 Å². The van der Waals surface area contributed by atoms with Gasteiger partial charge in [0, 0.05) is 17.9 Å². The standard InChI is InChI=1S/C10H16BrN/c1-2-8-7-12-4-3-9(8)5-10(12)6-11/h2,8-10H,1,3-7H2/t8-,9-,10-/m0/s1. The highest BCUT2D eigenvalue weighted by atomic mass is 79.9. The molecule has 3 fully saturated rings. The molecule has 0 aromatic heterocycles. The summed E-state index contributed by atoms with van der Waals surface area (Å²) in [5.74, 6) is 1.70. The first kappa shape index (κ1) is 8.76. The Morgan fingerprint density at radius 3 is 2.92 bits per heavy atom. The third kappa shape index (κ3) is 1.35. The first-order valence-corrected chi connectivity index (χ1v) is 5.90. The average molecular weight is 230 g/mol. The molecule has 3 aliphatic heterocycles. The lowest BCUT2D eigenvalue weighted by molar-refractivity contribution is 0.0304. The van der Waals surface area contributed by atoms with Crippen LogP contribution in [0.25, 0.3) is 0 Å². The molecule has 0 spiro atoms. The molecule has 4 atom stereocenters. The summed E-state index contributed by atoms with van der Waals surface area (Å²) in [4.78, 5) is 2.61. The van der Waals surface area contributed by atoms with Gasteiger partial charge in [-0.25, -0.2) is 0 Å². The first-order chi connectivity index (χ1) is 5.85. The summed E-state index contributed by atoms with van der Waals surface area (Å²) in [5, 5.41) is 1.15. The van der Waals surface area contributed by atoms with Gasteiger partial charge in [-0.15, -0.1) is 6.58 Å². The van der Waals surface area contributed by atoms with E-state index < -0.39 is 0 Å². The molecule has 0 aliphatic carbocycles. The number of hydrogen-bond acceptors (Lipinski definition) is 1. The van der Waals surface area contributed by atoms with Crippen molar-refractivity contribution in [2.24, 2.45) is 11.8 Å². The highest BCUT2D eigenvalue weighted by molar-refractivity contribution is 9.09. The molecular formula is C10H16BrN. The number of rotatable bonds is 2. The molecule has 0 amide bonds. The molecule has 3 aliphatic rings. The smallest absolute Gasteiger partial charge is 0.0195 e. The van der Waals surface area contributed by atoms with Crippen LogP contribution in [0, 0.1) is 11.8 Å². The molecule has 0 radical (unpaired) electrons. The van der Waals surface area contributed by atoms with Gasteiger partial charge in [-0.3, -0.25) is 4.90 Å². The maximum Gasteiger partial charge on any atom is 0.0195 e. The minimum absolute atomic E-state index is 0.772. The van der Waals surface area contributed by atoms with Gasteiger partial charge in [0.2, 0.25) is 0 Å². The Morgan fingerprint density at radius 2 is 2.42 bits per heavy atom. The van der Waals surface area contributed by atoms with E-state index in [1.807, 2.05) is 0 Å². The lowest BCUT2D eigenvalue weighted by atomic mass is 9.76. The van der Waals surface area contributed by atoms with E-state index in [9.17, 15) is 0 Å². The first-order valence-electron chi connectivity index (χ1n) is 4.77. The van der Waals surface area contributed by atoms with Crippen molar-refractivity contribution in [1.29, 1.82) is 0 Å². The fourth-order valence-corrected chi connectivity index (χ4v) is 3.28. The zero-order valence-corrected chi connectivity index (χ0v) is 8.96. The van der Waals surface area contributed by atoms with Crippen LogP contribution < -0.4 is 0 Å². The van der Waals surface area contributed by atoms with Gasteiger partial charge in [-0.1, -0.05) is 22.0 Å². The van der Waals surface area contributed by atoms with Gasteiger partial charge in [0.05, 0.1) is 0 Å². The predicted octanol–water partition coefficient (Wildman–Crippen LogP) is 2.28. The third-order valence-corrected chi connectivity index (χ3v) is 4.16. The average Bonchev–Trinajstić information content (AvgIpc) is 2.18. The van der Waals surface area contributed by atoms with Crippen molar-refractivity contribution in [2.45, 2.75) is 18.9 Å². The monoisotopic (exact) mass is 229 g/mol. The summed E-state index contributed by atoms with van der Waals surface area (Å²) < 4.78 is 0. The minimum atomic E-state index is 0.772. The number of alkyl halides is 1. The van der Waals surface area contributed by atoms with E-state index in [4.69, 9.17) is 0 Å². The molecule has 3 rings (SSSR count). The number of fused-ring (bicyclic) bond motifs is 3. The summed E-state index contributed by atoms with van der Waals surface area (Å²) in [6.45, 7) is 6.48. The van der Waals surface area contributed by atoms with E-state index in [-0.39, 0.29) is 0 Å².